The molecule has 0 bridgehead atoms. The van der Waals surface area contributed by atoms with E-state index in [1.165, 1.54) is 6.07 Å². The summed E-state index contributed by atoms with van der Waals surface area (Å²) < 4.78 is 14.5. The maximum absolute atomic E-state index is 14.5. The highest BCUT2D eigenvalue weighted by Gasteiger charge is 2.17. The molecule has 4 heterocycles. The van der Waals surface area contributed by atoms with Gasteiger partial charge >= 0.3 is 0 Å². The topological polar surface area (TPSA) is 112 Å². The second-order valence-electron chi connectivity index (χ2n) is 8.94. The second-order valence-corrected chi connectivity index (χ2v) is 8.94. The summed E-state index contributed by atoms with van der Waals surface area (Å²) in [6.07, 6.45) is 7.75. The first-order valence-corrected chi connectivity index (χ1v) is 11.8. The number of fused-ring (bicyclic) bond motifs is 2. The molecular weight excluding hydrogens is 469 g/mol. The number of aromatic amines is 2. The van der Waals surface area contributed by atoms with Gasteiger partial charge in [0.1, 0.15) is 23.3 Å². The summed E-state index contributed by atoms with van der Waals surface area (Å²) in [5.74, 6) is 0.133. The highest BCUT2D eigenvalue weighted by molar-refractivity contribution is 5.98. The molecule has 0 radical (unpaired) electrons. The minimum absolute atomic E-state index is 0.0913. The van der Waals surface area contributed by atoms with Gasteiger partial charge in [-0.25, -0.2) is 9.37 Å². The van der Waals surface area contributed by atoms with Crippen LogP contribution in [-0.4, -0.2) is 43.0 Å². The SMILES string of the molecule is CC(C=O)CNc1cncc(-c2ccc3[nH]nc(-c4nc5c(-c6ccccc6F)cncc5[nH]4)c3c2)c1. The highest BCUT2D eigenvalue weighted by atomic mass is 19.1. The normalized spacial score (nSPS) is 12.2. The smallest absolute Gasteiger partial charge is 0.159 e. The van der Waals surface area contributed by atoms with Crippen molar-refractivity contribution >= 4 is 33.9 Å². The average Bonchev–Trinajstić information content (AvgIpc) is 3.56. The van der Waals surface area contributed by atoms with Crippen LogP contribution < -0.4 is 5.32 Å². The standard InChI is InChI=1S/C28H22FN7O/c1-16(15-37)10-32-19-8-18(11-30-12-19)17-6-7-24-21(9-17)27(36-35-24)28-33-25-14-31-13-22(26(25)34-28)20-4-2-3-5-23(20)29/h2-9,11-16,32H,10H2,1H3,(H,33,34)(H,35,36). The largest absolute Gasteiger partial charge is 0.383 e. The number of imidazole rings is 1. The van der Waals surface area contributed by atoms with Crippen LogP contribution in [-0.2, 0) is 4.79 Å². The fourth-order valence-corrected chi connectivity index (χ4v) is 4.32. The maximum atomic E-state index is 14.5. The summed E-state index contributed by atoms with van der Waals surface area (Å²) in [7, 11) is 0. The molecular formula is C28H22FN7O. The lowest BCUT2D eigenvalue weighted by molar-refractivity contribution is -0.110. The number of hydrogen-bond acceptors (Lipinski definition) is 6. The zero-order valence-corrected chi connectivity index (χ0v) is 19.9. The fourth-order valence-electron chi connectivity index (χ4n) is 4.32. The van der Waals surface area contributed by atoms with Gasteiger partial charge in [-0.1, -0.05) is 31.2 Å². The Hall–Kier alpha value is -4.92. The third kappa shape index (κ3) is 4.20. The molecule has 2 aromatic carbocycles. The molecule has 4 aromatic heterocycles. The number of nitrogens with zero attached hydrogens (tertiary/aromatic N) is 4. The third-order valence-electron chi connectivity index (χ3n) is 6.28. The number of carbonyl (C=O) groups excluding carboxylic acids is 1. The van der Waals surface area contributed by atoms with Crippen molar-refractivity contribution < 1.29 is 9.18 Å². The van der Waals surface area contributed by atoms with Crippen LogP contribution in [0.25, 0.3) is 55.7 Å². The van der Waals surface area contributed by atoms with E-state index in [9.17, 15) is 9.18 Å². The van der Waals surface area contributed by atoms with E-state index in [1.807, 2.05) is 31.2 Å². The van der Waals surface area contributed by atoms with Gasteiger partial charge in [0.15, 0.2) is 5.82 Å². The number of aldehydes is 1. The van der Waals surface area contributed by atoms with Crippen LogP contribution in [0.4, 0.5) is 10.1 Å². The first kappa shape index (κ1) is 22.5. The minimum Gasteiger partial charge on any atom is -0.383 e. The molecule has 0 aliphatic rings. The van der Waals surface area contributed by atoms with E-state index < -0.39 is 0 Å². The van der Waals surface area contributed by atoms with Crippen LogP contribution in [0.2, 0.25) is 0 Å². The number of hydrogen-bond donors (Lipinski definition) is 3. The van der Waals surface area contributed by atoms with Gasteiger partial charge in [-0.2, -0.15) is 5.10 Å². The summed E-state index contributed by atoms with van der Waals surface area (Å²) in [5, 5.41) is 11.7. The molecule has 0 spiro atoms. The summed E-state index contributed by atoms with van der Waals surface area (Å²) in [6, 6.07) is 14.6. The molecule has 3 N–H and O–H groups in total. The summed E-state index contributed by atoms with van der Waals surface area (Å²) in [6.45, 7) is 2.40. The number of benzene rings is 2. The van der Waals surface area contributed by atoms with Crippen LogP contribution in [0.3, 0.4) is 0 Å². The predicted octanol–water partition coefficient (Wildman–Crippen LogP) is 5.62. The van der Waals surface area contributed by atoms with Gasteiger partial charge in [0.25, 0.3) is 0 Å². The lowest BCUT2D eigenvalue weighted by Gasteiger charge is -2.09. The zero-order valence-electron chi connectivity index (χ0n) is 19.9. The molecule has 182 valence electrons. The summed E-state index contributed by atoms with van der Waals surface area (Å²) >= 11 is 0. The molecule has 1 atom stereocenters. The third-order valence-corrected chi connectivity index (χ3v) is 6.28. The van der Waals surface area contributed by atoms with Crippen LogP contribution in [0.1, 0.15) is 6.92 Å². The van der Waals surface area contributed by atoms with Crippen LogP contribution in [0, 0.1) is 11.7 Å². The van der Waals surface area contributed by atoms with Crippen molar-refractivity contribution in [3.63, 3.8) is 0 Å². The highest BCUT2D eigenvalue weighted by Crippen LogP contribution is 2.33. The Bertz CT molecular complexity index is 1760. The molecule has 9 heteroatoms. The maximum Gasteiger partial charge on any atom is 0.159 e. The Morgan fingerprint density at radius 1 is 0.973 bits per heavy atom. The Balaban J connectivity index is 1.40. The first-order valence-electron chi connectivity index (χ1n) is 11.8. The number of anilines is 1. The summed E-state index contributed by atoms with van der Waals surface area (Å²) in [4.78, 5) is 27.7. The van der Waals surface area contributed by atoms with Gasteiger partial charge in [-0.3, -0.25) is 15.1 Å². The first-order chi connectivity index (χ1) is 18.1. The summed E-state index contributed by atoms with van der Waals surface area (Å²) in [5.41, 5.74) is 6.58. The number of aromatic nitrogens is 6. The molecule has 6 aromatic rings. The molecule has 0 aliphatic carbocycles. The molecule has 0 saturated heterocycles. The fraction of sp³-hybridized carbons (Fsp3) is 0.107. The molecule has 1 unspecified atom stereocenters. The van der Waals surface area contributed by atoms with Crippen LogP contribution >= 0.6 is 0 Å². The molecule has 37 heavy (non-hydrogen) atoms. The van der Waals surface area contributed by atoms with Crippen LogP contribution in [0.15, 0.2) is 73.3 Å². The van der Waals surface area contributed by atoms with Crippen molar-refractivity contribution in [2.45, 2.75) is 6.92 Å². The van der Waals surface area contributed by atoms with E-state index in [-0.39, 0.29) is 11.7 Å². The average molecular weight is 492 g/mol. The van der Waals surface area contributed by atoms with Crippen molar-refractivity contribution in [1.82, 2.24) is 30.1 Å². The van der Waals surface area contributed by atoms with Gasteiger partial charge < -0.3 is 15.1 Å². The molecule has 0 fully saturated rings. The van der Waals surface area contributed by atoms with Crippen LogP contribution in [0.5, 0.6) is 0 Å². The number of pyridine rings is 2. The van der Waals surface area contributed by atoms with Gasteiger partial charge in [-0.05, 0) is 29.8 Å². The van der Waals surface area contributed by atoms with Gasteiger partial charge in [0.2, 0.25) is 0 Å². The number of H-pyrrole nitrogens is 2. The van der Waals surface area contributed by atoms with Crippen molar-refractivity contribution in [1.29, 1.82) is 0 Å². The van der Waals surface area contributed by atoms with Crippen molar-refractivity contribution in [3.8, 4) is 33.8 Å². The molecule has 0 aliphatic heterocycles. The number of carbonyl (C=O) groups is 1. The van der Waals surface area contributed by atoms with Gasteiger partial charge in [0, 0.05) is 53.1 Å². The lowest BCUT2D eigenvalue weighted by Crippen LogP contribution is -2.12. The van der Waals surface area contributed by atoms with Gasteiger partial charge in [-0.15, -0.1) is 0 Å². The molecule has 0 amide bonds. The quantitative estimate of drug-likeness (QED) is 0.250. The Labute approximate surface area is 211 Å². The van der Waals surface area contributed by atoms with E-state index in [4.69, 9.17) is 4.98 Å². The van der Waals surface area contributed by atoms with E-state index >= 15 is 0 Å². The van der Waals surface area contributed by atoms with E-state index in [1.54, 1.807) is 43.0 Å². The Kier molecular flexibility index (Phi) is 5.65. The molecule has 0 saturated carbocycles. The number of nitrogens with one attached hydrogen (secondary N) is 3. The lowest BCUT2D eigenvalue weighted by atomic mass is 10.0. The Morgan fingerprint density at radius 3 is 2.70 bits per heavy atom. The minimum atomic E-state index is -0.331. The van der Waals surface area contributed by atoms with Crippen molar-refractivity contribution in [2.24, 2.45) is 5.92 Å². The monoisotopic (exact) mass is 491 g/mol. The molecule has 6 rings (SSSR count). The van der Waals surface area contributed by atoms with Crippen molar-refractivity contribution in [2.75, 3.05) is 11.9 Å². The second kappa shape index (κ2) is 9.27. The van der Waals surface area contributed by atoms with Crippen molar-refractivity contribution in [3.05, 3.63) is 79.1 Å². The Morgan fingerprint density at radius 2 is 1.84 bits per heavy atom. The van der Waals surface area contributed by atoms with Gasteiger partial charge in [0.05, 0.1) is 22.9 Å². The van der Waals surface area contributed by atoms with E-state index in [0.29, 0.717) is 40.2 Å². The predicted molar refractivity (Wildman–Crippen MR) is 141 cm³/mol. The number of rotatable bonds is 7. The van der Waals surface area contributed by atoms with E-state index in [0.717, 1.165) is 34.0 Å². The zero-order chi connectivity index (χ0) is 25.4. The number of halogens is 1. The molecule has 8 nitrogen and oxygen atoms in total. The van der Waals surface area contributed by atoms with E-state index in [2.05, 4.69) is 30.5 Å².